The number of aryl methyl sites for hydroxylation is 1. The molecule has 0 unspecified atom stereocenters. The van der Waals surface area contributed by atoms with E-state index in [1.54, 1.807) is 26.8 Å². The Bertz CT molecular complexity index is 630. The van der Waals surface area contributed by atoms with E-state index in [1.807, 2.05) is 6.92 Å². The van der Waals surface area contributed by atoms with E-state index >= 15 is 0 Å². The number of esters is 3. The molecule has 0 bridgehead atoms. The first kappa shape index (κ1) is 20.7. The smallest absolute Gasteiger partial charge is 0.347 e. The molecule has 7 nitrogen and oxygen atoms in total. The largest absolute Gasteiger partial charge is 0.462 e. The summed E-state index contributed by atoms with van der Waals surface area (Å²) < 4.78 is 14.8. The highest BCUT2D eigenvalue weighted by molar-refractivity contribution is 7.16. The Morgan fingerprint density at radius 2 is 1.56 bits per heavy atom. The summed E-state index contributed by atoms with van der Waals surface area (Å²) in [6, 6.07) is 1.73. The number of carbonyl (C=O) groups excluding carboxylic acids is 3. The van der Waals surface area contributed by atoms with Crippen LogP contribution in [0.15, 0.2) is 17.8 Å². The van der Waals surface area contributed by atoms with Crippen LogP contribution in [0.5, 0.6) is 0 Å². The molecule has 138 valence electrons. The van der Waals surface area contributed by atoms with Crippen molar-refractivity contribution >= 4 is 34.2 Å². The van der Waals surface area contributed by atoms with Crippen LogP contribution >= 0.6 is 11.3 Å². The highest BCUT2D eigenvalue weighted by Gasteiger charge is 2.22. The summed E-state index contributed by atoms with van der Waals surface area (Å²) in [4.78, 5) is 36.9. The molecule has 8 heteroatoms. The number of anilines is 1. The van der Waals surface area contributed by atoms with E-state index in [4.69, 9.17) is 14.2 Å². The third kappa shape index (κ3) is 5.90. The van der Waals surface area contributed by atoms with Gasteiger partial charge in [0.25, 0.3) is 0 Å². The highest BCUT2D eigenvalue weighted by atomic mass is 32.1. The van der Waals surface area contributed by atoms with Gasteiger partial charge >= 0.3 is 17.9 Å². The van der Waals surface area contributed by atoms with Crippen LogP contribution in [0.2, 0.25) is 0 Å². The van der Waals surface area contributed by atoms with Gasteiger partial charge in [-0.25, -0.2) is 14.4 Å². The Hall–Kier alpha value is -2.35. The van der Waals surface area contributed by atoms with Gasteiger partial charge in [0.15, 0.2) is 5.57 Å². The van der Waals surface area contributed by atoms with Gasteiger partial charge < -0.3 is 19.5 Å². The summed E-state index contributed by atoms with van der Waals surface area (Å²) in [7, 11) is 0. The Morgan fingerprint density at radius 1 is 1.00 bits per heavy atom. The number of thiophene rings is 1. The van der Waals surface area contributed by atoms with Crippen molar-refractivity contribution in [3.8, 4) is 0 Å². The van der Waals surface area contributed by atoms with Crippen LogP contribution in [-0.4, -0.2) is 37.7 Å². The molecule has 1 aromatic rings. The maximum absolute atomic E-state index is 12.1. The number of rotatable bonds is 9. The molecule has 0 radical (unpaired) electrons. The molecule has 0 fully saturated rings. The summed E-state index contributed by atoms with van der Waals surface area (Å²) in [5, 5.41) is 3.33. The molecule has 0 aliphatic rings. The molecular weight excluding hydrogens is 346 g/mol. The topological polar surface area (TPSA) is 90.9 Å². The molecule has 0 aromatic carbocycles. The molecule has 0 atom stereocenters. The van der Waals surface area contributed by atoms with Crippen molar-refractivity contribution in [3.05, 3.63) is 28.3 Å². The third-order valence-corrected chi connectivity index (χ3v) is 4.18. The fraction of sp³-hybridized carbons (Fsp3) is 0.471. The lowest BCUT2D eigenvalue weighted by Crippen LogP contribution is -2.19. The number of hydrogen-bond donors (Lipinski definition) is 1. The standard InChI is InChI=1S/C17H23NO6S/c1-5-11-9-12(15(19)22-6-2)14(25-11)18-10-13(16(20)23-7-3)17(21)24-8-4/h9-10,18H,5-8H2,1-4H3. The predicted molar refractivity (Wildman–Crippen MR) is 94.6 cm³/mol. The SMILES string of the molecule is CCOC(=O)C(=CNc1sc(CC)cc1C(=O)OCC)C(=O)OCC. The van der Waals surface area contributed by atoms with Gasteiger partial charge in [-0.15, -0.1) is 11.3 Å². The molecule has 1 aromatic heterocycles. The van der Waals surface area contributed by atoms with Crippen molar-refractivity contribution in [1.82, 2.24) is 0 Å². The molecule has 0 aliphatic carbocycles. The summed E-state index contributed by atoms with van der Waals surface area (Å²) in [5.41, 5.74) is 0.0805. The van der Waals surface area contributed by atoms with Crippen molar-refractivity contribution in [2.45, 2.75) is 34.1 Å². The third-order valence-electron chi connectivity index (χ3n) is 2.97. The van der Waals surface area contributed by atoms with E-state index in [1.165, 1.54) is 17.5 Å². The van der Waals surface area contributed by atoms with E-state index in [0.29, 0.717) is 10.6 Å². The maximum Gasteiger partial charge on any atom is 0.347 e. The Labute approximate surface area is 151 Å². The minimum absolute atomic E-state index is 0.128. The Balaban J connectivity index is 3.12. The molecule has 0 amide bonds. The van der Waals surface area contributed by atoms with Crippen molar-refractivity contribution in [2.24, 2.45) is 0 Å². The molecule has 1 rings (SSSR count). The molecule has 1 heterocycles. The normalized spacial score (nSPS) is 9.92. The second-order valence-corrected chi connectivity index (χ2v) is 5.81. The lowest BCUT2D eigenvalue weighted by Gasteiger charge is -2.08. The summed E-state index contributed by atoms with van der Waals surface area (Å²) >= 11 is 1.35. The average Bonchev–Trinajstić information content (AvgIpc) is 2.99. The van der Waals surface area contributed by atoms with Crippen LogP contribution < -0.4 is 5.32 Å². The number of carbonyl (C=O) groups is 3. The first-order valence-corrected chi connectivity index (χ1v) is 8.90. The zero-order chi connectivity index (χ0) is 18.8. The van der Waals surface area contributed by atoms with E-state index in [2.05, 4.69) is 5.32 Å². The van der Waals surface area contributed by atoms with E-state index in [9.17, 15) is 14.4 Å². The summed E-state index contributed by atoms with van der Waals surface area (Å²) in [6.07, 6.45) is 1.94. The maximum atomic E-state index is 12.1. The van der Waals surface area contributed by atoms with Crippen LogP contribution in [-0.2, 0) is 30.2 Å². The zero-order valence-electron chi connectivity index (χ0n) is 14.8. The fourth-order valence-electron chi connectivity index (χ4n) is 1.84. The van der Waals surface area contributed by atoms with Crippen molar-refractivity contribution in [1.29, 1.82) is 0 Å². The van der Waals surface area contributed by atoms with Gasteiger partial charge in [0.05, 0.1) is 25.4 Å². The Kier molecular flexibility index (Phi) is 8.69. The predicted octanol–water partition coefficient (Wildman–Crippen LogP) is 2.91. The first-order chi connectivity index (χ1) is 12.0. The van der Waals surface area contributed by atoms with Crippen LogP contribution in [0.3, 0.4) is 0 Å². The van der Waals surface area contributed by atoms with Gasteiger partial charge in [0.2, 0.25) is 0 Å². The van der Waals surface area contributed by atoms with Gasteiger partial charge in [-0.2, -0.15) is 0 Å². The molecule has 1 N–H and O–H groups in total. The minimum atomic E-state index is -0.793. The lowest BCUT2D eigenvalue weighted by molar-refractivity contribution is -0.146. The summed E-state index contributed by atoms with van der Waals surface area (Å²) in [6.45, 7) is 7.47. The van der Waals surface area contributed by atoms with Crippen LogP contribution in [0.25, 0.3) is 0 Å². The van der Waals surface area contributed by atoms with Crippen LogP contribution in [0.4, 0.5) is 5.00 Å². The number of hydrogen-bond acceptors (Lipinski definition) is 8. The number of nitrogens with one attached hydrogen (secondary N) is 1. The van der Waals surface area contributed by atoms with Crippen molar-refractivity contribution in [2.75, 3.05) is 25.1 Å². The number of ether oxygens (including phenoxy) is 3. The fourth-order valence-corrected chi connectivity index (χ4v) is 2.79. The van der Waals surface area contributed by atoms with Crippen molar-refractivity contribution < 1.29 is 28.6 Å². The Morgan fingerprint density at radius 3 is 2.04 bits per heavy atom. The van der Waals surface area contributed by atoms with Gasteiger partial charge in [-0.1, -0.05) is 6.92 Å². The van der Waals surface area contributed by atoms with Gasteiger partial charge in [0.1, 0.15) is 5.00 Å². The quantitative estimate of drug-likeness (QED) is 0.235. The second kappa shape index (κ2) is 10.5. The lowest BCUT2D eigenvalue weighted by atomic mass is 10.2. The van der Waals surface area contributed by atoms with Gasteiger partial charge in [-0.3, -0.25) is 0 Å². The van der Waals surface area contributed by atoms with Crippen LogP contribution in [0.1, 0.15) is 42.9 Å². The molecular formula is C17H23NO6S. The average molecular weight is 369 g/mol. The van der Waals surface area contributed by atoms with E-state index < -0.39 is 17.9 Å². The monoisotopic (exact) mass is 369 g/mol. The highest BCUT2D eigenvalue weighted by Crippen LogP contribution is 2.29. The van der Waals surface area contributed by atoms with E-state index in [-0.39, 0.29) is 25.4 Å². The zero-order valence-corrected chi connectivity index (χ0v) is 15.7. The molecule has 0 spiro atoms. The van der Waals surface area contributed by atoms with Crippen LogP contribution in [0, 0.1) is 0 Å². The van der Waals surface area contributed by atoms with Gasteiger partial charge in [0, 0.05) is 11.1 Å². The van der Waals surface area contributed by atoms with E-state index in [0.717, 1.165) is 11.3 Å². The van der Waals surface area contributed by atoms with Gasteiger partial charge in [-0.05, 0) is 33.3 Å². The molecule has 25 heavy (non-hydrogen) atoms. The molecule has 0 saturated carbocycles. The summed E-state index contributed by atoms with van der Waals surface area (Å²) in [5.74, 6) is -2.06. The molecule has 0 saturated heterocycles. The minimum Gasteiger partial charge on any atom is -0.462 e. The van der Waals surface area contributed by atoms with Crippen molar-refractivity contribution in [3.63, 3.8) is 0 Å². The first-order valence-electron chi connectivity index (χ1n) is 8.09. The second-order valence-electron chi connectivity index (χ2n) is 4.67. The molecule has 0 aliphatic heterocycles.